The maximum absolute atomic E-state index is 12.1. The van der Waals surface area contributed by atoms with Crippen LogP contribution in [0, 0.1) is 6.92 Å². The molecule has 3 aromatic rings. The van der Waals surface area contributed by atoms with Gasteiger partial charge in [-0.25, -0.2) is 9.97 Å². The van der Waals surface area contributed by atoms with Crippen LogP contribution in [0.5, 0.6) is 0 Å². The van der Waals surface area contributed by atoms with E-state index in [-0.39, 0.29) is 11.8 Å². The number of carbonyl (C=O) groups is 1. The van der Waals surface area contributed by atoms with E-state index in [1.807, 2.05) is 25.3 Å². The molecule has 1 aliphatic heterocycles. The van der Waals surface area contributed by atoms with Crippen molar-refractivity contribution in [1.82, 2.24) is 24.6 Å². The second-order valence-corrected chi connectivity index (χ2v) is 8.92. The summed E-state index contributed by atoms with van der Waals surface area (Å²) in [7, 11) is 0. The summed E-state index contributed by atoms with van der Waals surface area (Å²) in [6.45, 7) is 4.71. The Hall–Kier alpha value is -2.71. The minimum absolute atomic E-state index is 0.116. The predicted octanol–water partition coefficient (Wildman–Crippen LogP) is 3.56. The van der Waals surface area contributed by atoms with Gasteiger partial charge in [-0.3, -0.25) is 9.48 Å². The van der Waals surface area contributed by atoms with Gasteiger partial charge in [-0.1, -0.05) is 11.6 Å². The maximum atomic E-state index is 12.1. The fourth-order valence-corrected chi connectivity index (χ4v) is 4.60. The van der Waals surface area contributed by atoms with E-state index in [0.717, 1.165) is 34.3 Å². The topological polar surface area (TPSA) is 96.2 Å². The van der Waals surface area contributed by atoms with Crippen LogP contribution in [0.1, 0.15) is 49.4 Å². The van der Waals surface area contributed by atoms with Gasteiger partial charge in [0.25, 0.3) is 5.91 Å². The molecule has 5 rings (SSSR count). The molecule has 162 valence electrons. The second-order valence-electron chi connectivity index (χ2n) is 8.52. The maximum Gasteiger partial charge on any atom is 0.251 e. The van der Waals surface area contributed by atoms with E-state index in [0.29, 0.717) is 30.1 Å². The zero-order valence-corrected chi connectivity index (χ0v) is 18.3. The summed E-state index contributed by atoms with van der Waals surface area (Å²) < 4.78 is 2.06. The van der Waals surface area contributed by atoms with Crippen molar-refractivity contribution in [2.24, 2.45) is 0 Å². The first-order valence-corrected chi connectivity index (χ1v) is 11.0. The Morgan fingerprint density at radius 1 is 1.29 bits per heavy atom. The number of amides is 1. The van der Waals surface area contributed by atoms with Gasteiger partial charge < -0.3 is 15.3 Å². The van der Waals surface area contributed by atoms with E-state index in [1.54, 1.807) is 11.1 Å². The number of nitrogens with zero attached hydrogens (tertiary/aromatic N) is 5. The van der Waals surface area contributed by atoms with Gasteiger partial charge in [0.05, 0.1) is 29.1 Å². The Morgan fingerprint density at radius 2 is 2.10 bits per heavy atom. The van der Waals surface area contributed by atoms with Crippen molar-refractivity contribution < 1.29 is 9.90 Å². The molecule has 9 heteroatoms. The molecule has 31 heavy (non-hydrogen) atoms. The van der Waals surface area contributed by atoms with E-state index in [1.165, 1.54) is 19.8 Å². The van der Waals surface area contributed by atoms with Crippen molar-refractivity contribution >= 4 is 40.0 Å². The van der Waals surface area contributed by atoms with Crippen LogP contribution < -0.4 is 5.32 Å². The van der Waals surface area contributed by atoms with Gasteiger partial charge in [0, 0.05) is 35.6 Å². The Labute approximate surface area is 185 Å². The molecular weight excluding hydrogens is 416 g/mol. The highest BCUT2D eigenvalue weighted by molar-refractivity contribution is 6.32. The Morgan fingerprint density at radius 3 is 2.84 bits per heavy atom. The third-order valence-electron chi connectivity index (χ3n) is 6.18. The lowest BCUT2D eigenvalue weighted by molar-refractivity contribution is -0.138. The SMILES string of the molecule is Cc1c(Nc2ncc3cc(Cl)c(C4CCN(C(=O)C(C)O)C4)cc3n2)cnn1C1CC1. The quantitative estimate of drug-likeness (QED) is 0.629. The van der Waals surface area contributed by atoms with Gasteiger partial charge in [0.15, 0.2) is 0 Å². The van der Waals surface area contributed by atoms with Crippen molar-refractivity contribution in [2.75, 3.05) is 18.4 Å². The number of nitrogens with one attached hydrogen (secondary N) is 1. The number of aliphatic hydroxyl groups excluding tert-OH is 1. The lowest BCUT2D eigenvalue weighted by Crippen LogP contribution is -2.35. The van der Waals surface area contributed by atoms with Crippen LogP contribution in [0.2, 0.25) is 5.02 Å². The number of fused-ring (bicyclic) bond motifs is 1. The number of aliphatic hydroxyl groups is 1. The molecule has 0 radical (unpaired) electrons. The minimum atomic E-state index is -0.986. The number of benzene rings is 1. The molecule has 0 spiro atoms. The number of likely N-dealkylation sites (tertiary alicyclic amines) is 1. The molecule has 2 atom stereocenters. The van der Waals surface area contributed by atoms with E-state index in [2.05, 4.69) is 20.1 Å². The molecule has 3 heterocycles. The number of aromatic nitrogens is 4. The summed E-state index contributed by atoms with van der Waals surface area (Å²) in [5.74, 6) is 0.386. The standard InChI is InChI=1S/C22H25ClN6O2/c1-12-20(10-25-29(12)16-3-4-16)27-22-24-9-15-7-18(23)17(8-19(15)26-22)14-5-6-28(11-14)21(31)13(2)30/h7-10,13-14,16,30H,3-6,11H2,1-2H3,(H,24,26,27). The highest BCUT2D eigenvalue weighted by atomic mass is 35.5. The number of anilines is 2. The zero-order chi connectivity index (χ0) is 21.7. The summed E-state index contributed by atoms with van der Waals surface area (Å²) in [6.07, 6.45) is 5.76. The number of rotatable bonds is 5. The second kappa shape index (κ2) is 7.76. The molecule has 8 nitrogen and oxygen atoms in total. The van der Waals surface area contributed by atoms with Gasteiger partial charge in [-0.05, 0) is 50.8 Å². The smallest absolute Gasteiger partial charge is 0.251 e. The largest absolute Gasteiger partial charge is 0.384 e. The molecule has 2 aromatic heterocycles. The van der Waals surface area contributed by atoms with Gasteiger partial charge >= 0.3 is 0 Å². The number of halogens is 1. The predicted molar refractivity (Wildman–Crippen MR) is 119 cm³/mol. The fraction of sp³-hybridized carbons (Fsp3) is 0.455. The van der Waals surface area contributed by atoms with Crippen LogP contribution in [0.4, 0.5) is 11.6 Å². The van der Waals surface area contributed by atoms with Gasteiger partial charge in [0.2, 0.25) is 5.95 Å². The Kier molecular flexibility index (Phi) is 5.06. The first-order chi connectivity index (χ1) is 14.9. The first-order valence-electron chi connectivity index (χ1n) is 10.6. The van der Waals surface area contributed by atoms with Crippen molar-refractivity contribution in [1.29, 1.82) is 0 Å². The summed E-state index contributed by atoms with van der Waals surface area (Å²) in [5, 5.41) is 18.9. The normalized spacial score (nSPS) is 19.7. The number of hydrogen-bond donors (Lipinski definition) is 2. The molecule has 1 amide bonds. The average Bonchev–Trinajstić information content (AvgIpc) is 3.36. The molecule has 2 aliphatic rings. The third-order valence-corrected chi connectivity index (χ3v) is 6.51. The fourth-order valence-electron chi connectivity index (χ4n) is 4.27. The van der Waals surface area contributed by atoms with Crippen molar-refractivity contribution in [3.05, 3.63) is 40.8 Å². The highest BCUT2D eigenvalue weighted by Gasteiger charge is 2.30. The molecule has 2 fully saturated rings. The Bertz CT molecular complexity index is 1160. The third kappa shape index (κ3) is 3.85. The first kappa shape index (κ1) is 20.2. The van der Waals surface area contributed by atoms with Gasteiger partial charge in [-0.15, -0.1) is 0 Å². The van der Waals surface area contributed by atoms with E-state index in [4.69, 9.17) is 16.6 Å². The van der Waals surface area contributed by atoms with Crippen LogP contribution in [-0.4, -0.2) is 54.9 Å². The molecular formula is C22H25ClN6O2. The highest BCUT2D eigenvalue weighted by Crippen LogP contribution is 2.37. The van der Waals surface area contributed by atoms with Crippen LogP contribution in [0.25, 0.3) is 10.9 Å². The number of carbonyl (C=O) groups excluding carboxylic acids is 1. The zero-order valence-electron chi connectivity index (χ0n) is 17.5. The van der Waals surface area contributed by atoms with Gasteiger partial charge in [0.1, 0.15) is 6.10 Å². The van der Waals surface area contributed by atoms with E-state index >= 15 is 0 Å². The summed E-state index contributed by atoms with van der Waals surface area (Å²) >= 11 is 6.57. The number of hydrogen-bond acceptors (Lipinski definition) is 6. The molecule has 1 aromatic carbocycles. The monoisotopic (exact) mass is 440 g/mol. The molecule has 1 aliphatic carbocycles. The molecule has 1 saturated carbocycles. The molecule has 0 bridgehead atoms. The lowest BCUT2D eigenvalue weighted by Gasteiger charge is -2.19. The lowest BCUT2D eigenvalue weighted by atomic mass is 9.97. The van der Waals surface area contributed by atoms with Crippen molar-refractivity contribution in [2.45, 2.75) is 51.2 Å². The van der Waals surface area contributed by atoms with Crippen LogP contribution in [-0.2, 0) is 4.79 Å². The average molecular weight is 441 g/mol. The van der Waals surface area contributed by atoms with E-state index < -0.39 is 6.10 Å². The van der Waals surface area contributed by atoms with E-state index in [9.17, 15) is 9.90 Å². The van der Waals surface area contributed by atoms with Crippen molar-refractivity contribution in [3.8, 4) is 0 Å². The van der Waals surface area contributed by atoms with Crippen LogP contribution in [0.15, 0.2) is 24.5 Å². The summed E-state index contributed by atoms with van der Waals surface area (Å²) in [4.78, 5) is 23.0. The molecule has 2 unspecified atom stereocenters. The molecule has 1 saturated heterocycles. The van der Waals surface area contributed by atoms with Gasteiger partial charge in [-0.2, -0.15) is 5.10 Å². The minimum Gasteiger partial charge on any atom is -0.384 e. The van der Waals surface area contributed by atoms with Crippen LogP contribution >= 0.6 is 11.6 Å². The van der Waals surface area contributed by atoms with Crippen LogP contribution in [0.3, 0.4) is 0 Å². The summed E-state index contributed by atoms with van der Waals surface area (Å²) in [6, 6.07) is 4.39. The summed E-state index contributed by atoms with van der Waals surface area (Å²) in [5.41, 5.74) is 3.75. The van der Waals surface area contributed by atoms with Crippen molar-refractivity contribution in [3.63, 3.8) is 0 Å². The Balaban J connectivity index is 1.40. The molecule has 2 N–H and O–H groups in total.